The Hall–Kier alpha value is -2.83. The number of carboxylic acids is 1. The standard InChI is InChI=1S/C22H17Cl3N4O5S2/c23-13-5-3-12(4-6-13)8-18(22(31)32)27-21(30)14-9-15(24)16(25)10-17(14)28-36(33,34)20-2-1-7-29-19(20)11-26-35-29/h1-7,9-11,18,26,28H,8H2,(H,27,30)(H,31,32)/t18-/m0/s1. The van der Waals surface area contributed by atoms with Crippen LogP contribution in [0.1, 0.15) is 15.9 Å². The highest BCUT2D eigenvalue weighted by molar-refractivity contribution is 7.97. The van der Waals surface area contributed by atoms with E-state index in [2.05, 4.69) is 14.8 Å². The number of hydrogen-bond donors (Lipinski definition) is 4. The Morgan fingerprint density at radius 2 is 1.81 bits per heavy atom. The molecular formula is C22H17Cl3N4O5S2. The van der Waals surface area contributed by atoms with Crippen LogP contribution in [0.4, 0.5) is 5.69 Å². The van der Waals surface area contributed by atoms with E-state index in [1.807, 2.05) is 0 Å². The van der Waals surface area contributed by atoms with Gasteiger partial charge in [-0.25, -0.2) is 13.2 Å². The lowest BCUT2D eigenvalue weighted by Gasteiger charge is -2.22. The van der Waals surface area contributed by atoms with Gasteiger partial charge in [0.1, 0.15) is 10.9 Å². The second-order valence-corrected chi connectivity index (χ2v) is 11.3. The van der Waals surface area contributed by atoms with Gasteiger partial charge in [-0.3, -0.25) is 13.8 Å². The quantitative estimate of drug-likeness (QED) is 0.332. The number of rotatable bonds is 8. The summed E-state index contributed by atoms with van der Waals surface area (Å²) in [5.74, 6) is -2.14. The highest BCUT2D eigenvalue weighted by Crippen LogP contribution is 2.35. The van der Waals surface area contributed by atoms with Crippen LogP contribution in [0, 0.1) is 0 Å². The summed E-state index contributed by atoms with van der Waals surface area (Å²) in [6.07, 6.45) is 6.13. The molecule has 188 valence electrons. The predicted octanol–water partition coefficient (Wildman–Crippen LogP) is 4.54. The number of anilines is 1. The molecular weight excluding hydrogens is 571 g/mol. The number of hydrogen-bond acceptors (Lipinski definition) is 7. The lowest BCUT2D eigenvalue weighted by Crippen LogP contribution is -2.42. The number of amides is 1. The molecule has 0 saturated heterocycles. The third-order valence-corrected chi connectivity index (χ3v) is 8.23. The molecule has 9 nitrogen and oxygen atoms in total. The number of aliphatic carboxylic acids is 1. The first-order chi connectivity index (χ1) is 17.0. The minimum atomic E-state index is -4.19. The smallest absolute Gasteiger partial charge is 0.326 e. The zero-order chi connectivity index (χ0) is 26.0. The van der Waals surface area contributed by atoms with Gasteiger partial charge in [0.25, 0.3) is 15.9 Å². The summed E-state index contributed by atoms with van der Waals surface area (Å²) >= 11 is 19.3. The van der Waals surface area contributed by atoms with Crippen molar-refractivity contribution in [1.29, 1.82) is 0 Å². The number of carbonyl (C=O) groups is 2. The normalized spacial score (nSPS) is 15.4. The largest absolute Gasteiger partial charge is 0.480 e. The number of sulfonamides is 1. The number of carboxylic acid groups (broad SMARTS) is 1. The Bertz CT molecular complexity index is 1430. The summed E-state index contributed by atoms with van der Waals surface area (Å²) in [5, 5.41) is 12.6. The fourth-order valence-corrected chi connectivity index (χ4v) is 5.80. The van der Waals surface area contributed by atoms with E-state index in [4.69, 9.17) is 34.8 Å². The fourth-order valence-electron chi connectivity index (χ4n) is 3.37. The highest BCUT2D eigenvalue weighted by atomic mass is 35.5. The maximum absolute atomic E-state index is 13.2. The third-order valence-electron chi connectivity index (χ3n) is 5.10. The fraction of sp³-hybridized carbons (Fsp3) is 0.0909. The van der Waals surface area contributed by atoms with Crippen LogP contribution in [0.15, 0.2) is 71.6 Å². The zero-order valence-corrected chi connectivity index (χ0v) is 21.9. The van der Waals surface area contributed by atoms with Crippen molar-refractivity contribution < 1.29 is 23.1 Å². The second-order valence-electron chi connectivity index (χ2n) is 7.55. The van der Waals surface area contributed by atoms with Gasteiger partial charge in [0, 0.05) is 23.8 Å². The summed E-state index contributed by atoms with van der Waals surface area (Å²) in [5.41, 5.74) is 0.640. The average molecular weight is 588 g/mol. The first-order valence-electron chi connectivity index (χ1n) is 10.2. The van der Waals surface area contributed by atoms with Crippen LogP contribution in [0.5, 0.6) is 0 Å². The summed E-state index contributed by atoms with van der Waals surface area (Å²) < 4.78 is 33.3. The maximum atomic E-state index is 13.2. The molecule has 14 heteroatoms. The van der Waals surface area contributed by atoms with Crippen molar-refractivity contribution >= 4 is 74.5 Å². The van der Waals surface area contributed by atoms with Crippen molar-refractivity contribution in [1.82, 2.24) is 14.3 Å². The van der Waals surface area contributed by atoms with Crippen molar-refractivity contribution in [2.75, 3.05) is 4.72 Å². The molecule has 0 fully saturated rings. The number of nitrogens with one attached hydrogen (secondary N) is 3. The number of nitrogens with zero attached hydrogens (tertiary/aromatic N) is 1. The molecule has 4 N–H and O–H groups in total. The van der Waals surface area contributed by atoms with E-state index in [1.165, 1.54) is 36.5 Å². The summed E-state index contributed by atoms with van der Waals surface area (Å²) in [6, 6.07) is 7.54. The van der Waals surface area contributed by atoms with Gasteiger partial charge in [-0.15, -0.1) is 0 Å². The Kier molecular flexibility index (Phi) is 7.76. The molecule has 2 aliphatic heterocycles. The highest BCUT2D eigenvalue weighted by Gasteiger charge is 2.31. The summed E-state index contributed by atoms with van der Waals surface area (Å²) in [6.45, 7) is 0. The number of allylic oxidation sites excluding steroid dienone is 2. The molecule has 0 bridgehead atoms. The number of carbonyl (C=O) groups excluding carboxylic acids is 1. The summed E-state index contributed by atoms with van der Waals surface area (Å²) in [4.78, 5) is 24.9. The van der Waals surface area contributed by atoms with Gasteiger partial charge in [0.2, 0.25) is 0 Å². The maximum Gasteiger partial charge on any atom is 0.326 e. The first kappa shape index (κ1) is 26.2. The molecule has 0 spiro atoms. The molecule has 2 aromatic carbocycles. The van der Waals surface area contributed by atoms with E-state index < -0.39 is 27.9 Å². The summed E-state index contributed by atoms with van der Waals surface area (Å²) in [7, 11) is -4.19. The average Bonchev–Trinajstić information content (AvgIpc) is 3.30. The first-order valence-corrected chi connectivity index (χ1v) is 13.5. The molecule has 1 amide bonds. The van der Waals surface area contributed by atoms with E-state index in [-0.39, 0.29) is 32.6 Å². The molecule has 36 heavy (non-hydrogen) atoms. The molecule has 4 rings (SSSR count). The Morgan fingerprint density at radius 3 is 2.50 bits per heavy atom. The van der Waals surface area contributed by atoms with Crippen LogP contribution >= 0.6 is 46.9 Å². The van der Waals surface area contributed by atoms with Crippen LogP contribution in [0.25, 0.3) is 0 Å². The predicted molar refractivity (Wildman–Crippen MR) is 141 cm³/mol. The second kappa shape index (κ2) is 10.7. The topological polar surface area (TPSA) is 128 Å². The van der Waals surface area contributed by atoms with Crippen LogP contribution in [0.2, 0.25) is 15.1 Å². The molecule has 2 aromatic rings. The van der Waals surface area contributed by atoms with Gasteiger partial charge < -0.3 is 15.1 Å². The van der Waals surface area contributed by atoms with E-state index in [0.717, 1.165) is 0 Å². The minimum absolute atomic E-state index is 0.00156. The minimum Gasteiger partial charge on any atom is -0.480 e. The van der Waals surface area contributed by atoms with Gasteiger partial charge in [-0.05, 0) is 42.0 Å². The molecule has 2 heterocycles. The van der Waals surface area contributed by atoms with Crippen molar-refractivity contribution in [3.8, 4) is 0 Å². The number of fused-ring (bicyclic) bond motifs is 1. The van der Waals surface area contributed by atoms with Crippen molar-refractivity contribution in [2.24, 2.45) is 0 Å². The van der Waals surface area contributed by atoms with Gasteiger partial charge in [0.05, 0.1) is 39.1 Å². The van der Waals surface area contributed by atoms with Crippen LogP contribution in [-0.2, 0) is 21.2 Å². The lowest BCUT2D eigenvalue weighted by molar-refractivity contribution is -0.139. The van der Waals surface area contributed by atoms with E-state index in [0.29, 0.717) is 16.3 Å². The molecule has 0 radical (unpaired) electrons. The van der Waals surface area contributed by atoms with E-state index >= 15 is 0 Å². The van der Waals surface area contributed by atoms with E-state index in [9.17, 15) is 23.1 Å². The molecule has 0 aliphatic carbocycles. The van der Waals surface area contributed by atoms with Gasteiger partial charge in [-0.1, -0.05) is 46.9 Å². The molecule has 0 saturated carbocycles. The lowest BCUT2D eigenvalue weighted by atomic mass is 10.1. The number of benzene rings is 2. The monoisotopic (exact) mass is 586 g/mol. The van der Waals surface area contributed by atoms with Crippen LogP contribution in [-0.4, -0.2) is 35.7 Å². The van der Waals surface area contributed by atoms with Gasteiger partial charge in [0.15, 0.2) is 0 Å². The zero-order valence-electron chi connectivity index (χ0n) is 18.0. The Morgan fingerprint density at radius 1 is 1.11 bits per heavy atom. The van der Waals surface area contributed by atoms with Crippen LogP contribution < -0.4 is 14.8 Å². The van der Waals surface area contributed by atoms with Crippen molar-refractivity contribution in [3.63, 3.8) is 0 Å². The van der Waals surface area contributed by atoms with Crippen molar-refractivity contribution in [2.45, 2.75) is 12.5 Å². The van der Waals surface area contributed by atoms with Gasteiger partial charge in [-0.2, -0.15) is 0 Å². The Balaban J connectivity index is 1.62. The number of halogens is 3. The SMILES string of the molecule is O=C(N[C@@H](Cc1ccc(Cl)cc1)C(=O)O)c1cc(Cl)c(Cl)cc1NS(=O)(=O)C1=CC=CN2SNC=C12. The third kappa shape index (κ3) is 5.76. The van der Waals surface area contributed by atoms with Crippen molar-refractivity contribution in [3.05, 3.63) is 97.7 Å². The molecule has 2 aliphatic rings. The molecule has 0 unspecified atom stereocenters. The molecule has 1 atom stereocenters. The molecule has 0 aromatic heterocycles. The Labute approximate surface area is 226 Å². The van der Waals surface area contributed by atoms with Gasteiger partial charge >= 0.3 is 5.97 Å². The van der Waals surface area contributed by atoms with E-state index in [1.54, 1.807) is 40.8 Å². The van der Waals surface area contributed by atoms with Crippen LogP contribution in [0.3, 0.4) is 0 Å².